The SMILES string of the molecule is CC(C)NC(=O)COC(=O)[C@@H](NS(=O)(=O)c1ccc(F)cc1)[C@H](C)O. The lowest BCUT2D eigenvalue weighted by molar-refractivity contribution is -0.152. The van der Waals surface area contributed by atoms with Crippen molar-refractivity contribution in [3.8, 4) is 0 Å². The van der Waals surface area contributed by atoms with Crippen LogP contribution in [0, 0.1) is 5.82 Å². The quantitative estimate of drug-likeness (QED) is 0.546. The molecule has 0 aliphatic carbocycles. The fraction of sp³-hybridized carbons (Fsp3) is 0.467. The maximum absolute atomic E-state index is 12.9. The molecule has 0 bridgehead atoms. The Labute approximate surface area is 145 Å². The van der Waals surface area contributed by atoms with Crippen LogP contribution in [0.2, 0.25) is 0 Å². The minimum Gasteiger partial charge on any atom is -0.454 e. The highest BCUT2D eigenvalue weighted by atomic mass is 32.2. The first-order valence-corrected chi connectivity index (χ1v) is 8.93. The Morgan fingerprint density at radius 1 is 1.20 bits per heavy atom. The number of ether oxygens (including phenoxy) is 1. The lowest BCUT2D eigenvalue weighted by Crippen LogP contribution is -2.49. The van der Waals surface area contributed by atoms with Gasteiger partial charge < -0.3 is 15.2 Å². The van der Waals surface area contributed by atoms with Crippen molar-refractivity contribution in [2.75, 3.05) is 6.61 Å². The van der Waals surface area contributed by atoms with Crippen molar-refractivity contribution in [2.45, 2.75) is 43.9 Å². The minimum absolute atomic E-state index is 0.157. The second-order valence-electron chi connectivity index (χ2n) is 5.62. The summed E-state index contributed by atoms with van der Waals surface area (Å²) in [6.07, 6.45) is -1.42. The smallest absolute Gasteiger partial charge is 0.327 e. The van der Waals surface area contributed by atoms with Gasteiger partial charge in [-0.1, -0.05) is 0 Å². The Kier molecular flexibility index (Phi) is 7.46. The number of sulfonamides is 1. The van der Waals surface area contributed by atoms with E-state index < -0.39 is 46.5 Å². The number of amides is 1. The van der Waals surface area contributed by atoms with E-state index >= 15 is 0 Å². The summed E-state index contributed by atoms with van der Waals surface area (Å²) in [5.74, 6) is -2.30. The van der Waals surface area contributed by atoms with Crippen LogP contribution in [-0.4, -0.2) is 50.2 Å². The number of aliphatic hydroxyl groups excluding tert-OH is 1. The third-order valence-electron chi connectivity index (χ3n) is 2.94. The monoisotopic (exact) mass is 376 g/mol. The van der Waals surface area contributed by atoms with Crippen LogP contribution in [0.15, 0.2) is 29.2 Å². The van der Waals surface area contributed by atoms with Gasteiger partial charge in [0.25, 0.3) is 5.91 Å². The zero-order valence-electron chi connectivity index (χ0n) is 14.0. The maximum Gasteiger partial charge on any atom is 0.327 e. The number of halogens is 1. The molecule has 1 rings (SSSR count). The summed E-state index contributed by atoms with van der Waals surface area (Å²) >= 11 is 0. The molecule has 0 aliphatic heterocycles. The maximum atomic E-state index is 12.9. The highest BCUT2D eigenvalue weighted by Gasteiger charge is 2.31. The molecular weight excluding hydrogens is 355 g/mol. The summed E-state index contributed by atoms with van der Waals surface area (Å²) in [5.41, 5.74) is 0. The number of carbonyl (C=O) groups excluding carboxylic acids is 2. The van der Waals surface area contributed by atoms with Crippen LogP contribution in [0.5, 0.6) is 0 Å². The van der Waals surface area contributed by atoms with Crippen LogP contribution < -0.4 is 10.0 Å². The van der Waals surface area contributed by atoms with E-state index in [0.29, 0.717) is 0 Å². The van der Waals surface area contributed by atoms with Gasteiger partial charge in [0, 0.05) is 6.04 Å². The molecule has 0 saturated heterocycles. The zero-order valence-corrected chi connectivity index (χ0v) is 14.8. The van der Waals surface area contributed by atoms with E-state index in [1.54, 1.807) is 13.8 Å². The van der Waals surface area contributed by atoms with Crippen molar-refractivity contribution in [1.29, 1.82) is 0 Å². The van der Waals surface area contributed by atoms with E-state index in [2.05, 4.69) is 5.32 Å². The van der Waals surface area contributed by atoms with Gasteiger partial charge >= 0.3 is 5.97 Å². The molecule has 10 heteroatoms. The molecule has 2 atom stereocenters. The molecule has 8 nitrogen and oxygen atoms in total. The van der Waals surface area contributed by atoms with Gasteiger partial charge in [-0.05, 0) is 45.0 Å². The number of aliphatic hydroxyl groups is 1. The first-order valence-electron chi connectivity index (χ1n) is 7.45. The van der Waals surface area contributed by atoms with Crippen LogP contribution in [0.1, 0.15) is 20.8 Å². The summed E-state index contributed by atoms with van der Waals surface area (Å²) in [4.78, 5) is 23.2. The molecule has 0 spiro atoms. The molecular formula is C15H21FN2O6S. The molecule has 3 N–H and O–H groups in total. The van der Waals surface area contributed by atoms with Crippen molar-refractivity contribution < 1.29 is 32.2 Å². The number of rotatable bonds is 8. The van der Waals surface area contributed by atoms with Crippen LogP contribution in [0.4, 0.5) is 4.39 Å². The van der Waals surface area contributed by atoms with Gasteiger partial charge in [-0.3, -0.25) is 9.59 Å². The zero-order chi connectivity index (χ0) is 19.2. The lowest BCUT2D eigenvalue weighted by Gasteiger charge is -2.20. The predicted octanol–water partition coefficient (Wildman–Crippen LogP) is -0.0788. The Balaban J connectivity index is 2.80. The normalized spacial score (nSPS) is 14.0. The molecule has 1 aromatic carbocycles. The molecule has 0 saturated carbocycles. The standard InChI is InChI=1S/C15H21FN2O6S/c1-9(2)17-13(20)8-24-15(21)14(10(3)19)18-25(22,23)12-6-4-11(16)5-7-12/h4-7,9-10,14,18-19H,8H2,1-3H3,(H,17,20)/t10-,14-/m0/s1. The van der Waals surface area contributed by atoms with Gasteiger partial charge in [-0.15, -0.1) is 0 Å². The summed E-state index contributed by atoms with van der Waals surface area (Å²) in [5, 5.41) is 12.2. The first-order chi connectivity index (χ1) is 11.5. The van der Waals surface area contributed by atoms with Gasteiger partial charge in [-0.25, -0.2) is 12.8 Å². The lowest BCUT2D eigenvalue weighted by atomic mass is 10.2. The summed E-state index contributed by atoms with van der Waals surface area (Å²) in [7, 11) is -4.20. The van der Waals surface area contributed by atoms with Crippen LogP contribution >= 0.6 is 0 Å². The Morgan fingerprint density at radius 2 is 1.76 bits per heavy atom. The van der Waals surface area contributed by atoms with Crippen molar-refractivity contribution in [1.82, 2.24) is 10.0 Å². The number of hydrogen-bond acceptors (Lipinski definition) is 6. The molecule has 25 heavy (non-hydrogen) atoms. The van der Waals surface area contributed by atoms with Crippen molar-refractivity contribution in [3.63, 3.8) is 0 Å². The van der Waals surface area contributed by atoms with Gasteiger partial charge in [0.2, 0.25) is 10.0 Å². The van der Waals surface area contributed by atoms with E-state index in [9.17, 15) is 27.5 Å². The fourth-order valence-electron chi connectivity index (χ4n) is 1.78. The summed E-state index contributed by atoms with van der Waals surface area (Å²) in [6.45, 7) is 4.01. The molecule has 0 radical (unpaired) electrons. The number of esters is 1. The molecule has 0 aliphatic rings. The van der Waals surface area contributed by atoms with E-state index in [1.807, 2.05) is 4.72 Å². The van der Waals surface area contributed by atoms with Gasteiger partial charge in [-0.2, -0.15) is 4.72 Å². The molecule has 140 valence electrons. The Hall–Kier alpha value is -2.04. The van der Waals surface area contributed by atoms with Crippen LogP contribution in [0.3, 0.4) is 0 Å². The van der Waals surface area contributed by atoms with E-state index in [0.717, 1.165) is 24.3 Å². The molecule has 1 amide bonds. The second kappa shape index (κ2) is 8.88. The van der Waals surface area contributed by atoms with Crippen molar-refractivity contribution in [2.24, 2.45) is 0 Å². The average molecular weight is 376 g/mol. The molecule has 0 unspecified atom stereocenters. The molecule has 0 heterocycles. The van der Waals surface area contributed by atoms with E-state index in [4.69, 9.17) is 4.74 Å². The van der Waals surface area contributed by atoms with Gasteiger partial charge in [0.15, 0.2) is 6.61 Å². The van der Waals surface area contributed by atoms with Gasteiger partial charge in [0.05, 0.1) is 11.0 Å². The minimum atomic E-state index is -4.20. The number of benzene rings is 1. The molecule has 0 aromatic heterocycles. The van der Waals surface area contributed by atoms with Crippen molar-refractivity contribution >= 4 is 21.9 Å². The van der Waals surface area contributed by atoms with Crippen LogP contribution in [-0.2, 0) is 24.3 Å². The number of carbonyl (C=O) groups is 2. The third kappa shape index (κ3) is 6.77. The first kappa shape index (κ1) is 21.0. The Morgan fingerprint density at radius 3 is 2.24 bits per heavy atom. The number of nitrogens with one attached hydrogen (secondary N) is 2. The fourth-order valence-corrected chi connectivity index (χ4v) is 3.04. The highest BCUT2D eigenvalue weighted by Crippen LogP contribution is 2.11. The van der Waals surface area contributed by atoms with E-state index in [-0.39, 0.29) is 10.9 Å². The molecule has 1 aromatic rings. The topological polar surface area (TPSA) is 122 Å². The van der Waals surface area contributed by atoms with Crippen LogP contribution in [0.25, 0.3) is 0 Å². The predicted molar refractivity (Wildman–Crippen MR) is 86.4 cm³/mol. The van der Waals surface area contributed by atoms with Crippen molar-refractivity contribution in [3.05, 3.63) is 30.1 Å². The van der Waals surface area contributed by atoms with Gasteiger partial charge in [0.1, 0.15) is 11.9 Å². The van der Waals surface area contributed by atoms with E-state index in [1.165, 1.54) is 6.92 Å². The average Bonchev–Trinajstić information content (AvgIpc) is 2.50. The number of hydrogen-bond donors (Lipinski definition) is 3. The molecule has 0 fully saturated rings. The highest BCUT2D eigenvalue weighted by molar-refractivity contribution is 7.89. The largest absolute Gasteiger partial charge is 0.454 e. The summed E-state index contributed by atoms with van der Waals surface area (Å²) in [6, 6.07) is 2.13. The second-order valence-corrected chi connectivity index (χ2v) is 7.34. The summed E-state index contributed by atoms with van der Waals surface area (Å²) < 4.78 is 44.0. The third-order valence-corrected chi connectivity index (χ3v) is 4.39. The Bertz CT molecular complexity index is 703.